The van der Waals surface area contributed by atoms with Crippen LogP contribution in [0.1, 0.15) is 43.0 Å². The minimum absolute atomic E-state index is 0.0786. The summed E-state index contributed by atoms with van der Waals surface area (Å²) < 4.78 is 13.6. The van der Waals surface area contributed by atoms with E-state index in [0.29, 0.717) is 44.2 Å². The van der Waals surface area contributed by atoms with Crippen LogP contribution >= 0.6 is 0 Å². The highest BCUT2D eigenvalue weighted by Gasteiger charge is 2.23. The summed E-state index contributed by atoms with van der Waals surface area (Å²) in [6.07, 6.45) is 3.92. The Labute approximate surface area is 173 Å². The maximum atomic E-state index is 13.6. The van der Waals surface area contributed by atoms with Crippen molar-refractivity contribution in [1.29, 1.82) is 0 Å². The van der Waals surface area contributed by atoms with Crippen LogP contribution in [0, 0.1) is 5.82 Å². The number of likely N-dealkylation sites (tertiary alicyclic amines) is 1. The first kappa shape index (κ1) is 21.7. The Bertz CT molecular complexity index is 693. The molecule has 2 amide bonds. The van der Waals surface area contributed by atoms with Crippen LogP contribution in [0.3, 0.4) is 0 Å². The van der Waals surface area contributed by atoms with Gasteiger partial charge in [-0.2, -0.15) is 0 Å². The molecule has 2 saturated heterocycles. The molecule has 1 N–H and O–H groups in total. The molecule has 2 aliphatic heterocycles. The highest BCUT2D eigenvalue weighted by molar-refractivity contribution is 5.94. The van der Waals surface area contributed by atoms with Gasteiger partial charge in [-0.25, -0.2) is 4.39 Å². The van der Waals surface area contributed by atoms with Crippen LogP contribution in [0.25, 0.3) is 0 Å². The molecule has 160 valence electrons. The van der Waals surface area contributed by atoms with Gasteiger partial charge in [-0.1, -0.05) is 12.5 Å². The fraction of sp³-hybridized carbons (Fsp3) is 0.636. The van der Waals surface area contributed by atoms with Crippen molar-refractivity contribution in [2.45, 2.75) is 38.6 Å². The molecular formula is C22H33FN4O2. The second kappa shape index (κ2) is 10.7. The third-order valence-electron chi connectivity index (χ3n) is 6.02. The summed E-state index contributed by atoms with van der Waals surface area (Å²) in [5, 5.41) is 3.24. The summed E-state index contributed by atoms with van der Waals surface area (Å²) in [7, 11) is 0. The molecule has 1 aromatic carbocycles. The smallest absolute Gasteiger partial charge is 0.254 e. The van der Waals surface area contributed by atoms with Crippen LogP contribution in [-0.2, 0) is 4.79 Å². The van der Waals surface area contributed by atoms with Gasteiger partial charge in [-0.05, 0) is 44.5 Å². The standard InChI is InChI=1S/C22H33FN4O2/c1-18-5-2-3-11-25(18)15-16-27(22(29)19-6-4-7-20(23)17-19)12-8-21(28)26-13-9-24-10-14-26/h4,6-7,17-18,24H,2-3,5,8-16H2,1H3/t18-/m0/s1. The second-order valence-corrected chi connectivity index (χ2v) is 8.06. The number of piperazine rings is 1. The van der Waals surface area contributed by atoms with Crippen molar-refractivity contribution >= 4 is 11.8 Å². The van der Waals surface area contributed by atoms with Crippen molar-refractivity contribution in [2.24, 2.45) is 0 Å². The minimum atomic E-state index is -0.419. The molecule has 0 radical (unpaired) electrons. The predicted octanol–water partition coefficient (Wildman–Crippen LogP) is 1.96. The lowest BCUT2D eigenvalue weighted by Crippen LogP contribution is -2.48. The van der Waals surface area contributed by atoms with Gasteiger partial charge >= 0.3 is 0 Å². The van der Waals surface area contributed by atoms with Crippen molar-refractivity contribution in [1.82, 2.24) is 20.0 Å². The number of nitrogens with one attached hydrogen (secondary N) is 1. The SMILES string of the molecule is C[C@H]1CCCCN1CCN(CCC(=O)N1CCNCC1)C(=O)c1cccc(F)c1. The summed E-state index contributed by atoms with van der Waals surface area (Å²) in [5.41, 5.74) is 0.339. The van der Waals surface area contributed by atoms with E-state index in [1.807, 2.05) is 4.90 Å². The first-order valence-electron chi connectivity index (χ1n) is 10.8. The Morgan fingerprint density at radius 1 is 1.17 bits per heavy atom. The van der Waals surface area contributed by atoms with Crippen LogP contribution in [0.15, 0.2) is 24.3 Å². The topological polar surface area (TPSA) is 55.9 Å². The third-order valence-corrected chi connectivity index (χ3v) is 6.02. The fourth-order valence-corrected chi connectivity index (χ4v) is 4.16. The van der Waals surface area contributed by atoms with Crippen molar-refractivity contribution in [3.05, 3.63) is 35.6 Å². The Hall–Kier alpha value is -1.99. The van der Waals surface area contributed by atoms with Crippen LogP contribution in [0.4, 0.5) is 4.39 Å². The van der Waals surface area contributed by atoms with Crippen molar-refractivity contribution in [2.75, 3.05) is 52.4 Å². The molecule has 2 fully saturated rings. The molecule has 2 aliphatic rings. The predicted molar refractivity (Wildman–Crippen MR) is 111 cm³/mol. The fourth-order valence-electron chi connectivity index (χ4n) is 4.16. The molecule has 0 saturated carbocycles. The highest BCUT2D eigenvalue weighted by atomic mass is 19.1. The molecule has 29 heavy (non-hydrogen) atoms. The molecular weight excluding hydrogens is 371 g/mol. The van der Waals surface area contributed by atoms with Gasteiger partial charge in [-0.3, -0.25) is 14.5 Å². The molecule has 0 unspecified atom stereocenters. The number of nitrogens with zero attached hydrogens (tertiary/aromatic N) is 3. The van der Waals surface area contributed by atoms with Crippen molar-refractivity contribution in [3.63, 3.8) is 0 Å². The Kier molecular flexibility index (Phi) is 8.00. The van der Waals surface area contributed by atoms with Crippen LogP contribution in [0.2, 0.25) is 0 Å². The summed E-state index contributed by atoms with van der Waals surface area (Å²) >= 11 is 0. The molecule has 0 spiro atoms. The van der Waals surface area contributed by atoms with E-state index in [9.17, 15) is 14.0 Å². The summed E-state index contributed by atoms with van der Waals surface area (Å²) in [6.45, 7) is 8.01. The van der Waals surface area contributed by atoms with Crippen LogP contribution in [-0.4, -0.2) is 84.9 Å². The lowest BCUT2D eigenvalue weighted by molar-refractivity contribution is -0.131. The second-order valence-electron chi connectivity index (χ2n) is 8.06. The van der Waals surface area contributed by atoms with Gasteiger partial charge in [0.05, 0.1) is 0 Å². The van der Waals surface area contributed by atoms with Crippen molar-refractivity contribution < 1.29 is 14.0 Å². The number of hydrogen-bond donors (Lipinski definition) is 1. The number of benzene rings is 1. The number of carbonyl (C=O) groups excluding carboxylic acids is 2. The van der Waals surface area contributed by atoms with E-state index in [1.165, 1.54) is 31.4 Å². The van der Waals surface area contributed by atoms with E-state index >= 15 is 0 Å². The first-order chi connectivity index (χ1) is 14.0. The summed E-state index contributed by atoms with van der Waals surface area (Å²) in [6, 6.07) is 6.32. The molecule has 1 atom stereocenters. The molecule has 0 aromatic heterocycles. The van der Waals surface area contributed by atoms with E-state index in [0.717, 1.165) is 26.2 Å². The average Bonchev–Trinajstić information content (AvgIpc) is 2.75. The number of piperidine rings is 1. The molecule has 3 rings (SSSR count). The van der Waals surface area contributed by atoms with Crippen LogP contribution < -0.4 is 5.32 Å². The van der Waals surface area contributed by atoms with Gasteiger partial charge in [0.2, 0.25) is 5.91 Å². The van der Waals surface area contributed by atoms with Gasteiger partial charge in [0, 0.05) is 63.8 Å². The van der Waals surface area contributed by atoms with Gasteiger partial charge in [0.1, 0.15) is 5.82 Å². The quantitative estimate of drug-likeness (QED) is 0.755. The molecule has 7 heteroatoms. The van der Waals surface area contributed by atoms with Crippen molar-refractivity contribution in [3.8, 4) is 0 Å². The van der Waals surface area contributed by atoms with E-state index in [4.69, 9.17) is 0 Å². The van der Waals surface area contributed by atoms with E-state index < -0.39 is 5.82 Å². The zero-order valence-corrected chi connectivity index (χ0v) is 17.4. The highest BCUT2D eigenvalue weighted by Crippen LogP contribution is 2.16. The molecule has 0 bridgehead atoms. The first-order valence-corrected chi connectivity index (χ1v) is 10.8. The molecule has 6 nitrogen and oxygen atoms in total. The van der Waals surface area contributed by atoms with E-state index in [2.05, 4.69) is 17.1 Å². The zero-order chi connectivity index (χ0) is 20.6. The maximum absolute atomic E-state index is 13.6. The number of hydrogen-bond acceptors (Lipinski definition) is 4. The number of halogens is 1. The number of amides is 2. The van der Waals surface area contributed by atoms with Gasteiger partial charge in [-0.15, -0.1) is 0 Å². The number of rotatable bonds is 7. The Morgan fingerprint density at radius 3 is 2.69 bits per heavy atom. The lowest BCUT2D eigenvalue weighted by Gasteiger charge is -2.35. The van der Waals surface area contributed by atoms with E-state index in [1.54, 1.807) is 17.0 Å². The van der Waals surface area contributed by atoms with Gasteiger partial charge in [0.15, 0.2) is 0 Å². The number of carbonyl (C=O) groups is 2. The summed E-state index contributed by atoms with van der Waals surface area (Å²) in [5.74, 6) is -0.547. The monoisotopic (exact) mass is 404 g/mol. The third kappa shape index (κ3) is 6.24. The molecule has 0 aliphatic carbocycles. The minimum Gasteiger partial charge on any atom is -0.340 e. The average molecular weight is 405 g/mol. The lowest BCUT2D eigenvalue weighted by atomic mass is 10.0. The summed E-state index contributed by atoms with van der Waals surface area (Å²) in [4.78, 5) is 31.6. The van der Waals surface area contributed by atoms with Gasteiger partial charge in [0.25, 0.3) is 5.91 Å². The Balaban J connectivity index is 1.63. The molecule has 2 heterocycles. The van der Waals surface area contributed by atoms with E-state index in [-0.39, 0.29) is 11.8 Å². The molecule has 1 aromatic rings. The van der Waals surface area contributed by atoms with Gasteiger partial charge < -0.3 is 15.1 Å². The van der Waals surface area contributed by atoms with Crippen LogP contribution in [0.5, 0.6) is 0 Å². The largest absolute Gasteiger partial charge is 0.340 e. The maximum Gasteiger partial charge on any atom is 0.254 e. The normalized spacial score (nSPS) is 20.5. The Morgan fingerprint density at radius 2 is 1.97 bits per heavy atom. The zero-order valence-electron chi connectivity index (χ0n) is 17.4.